The second-order valence-corrected chi connectivity index (χ2v) is 7.67. The largest absolute Gasteiger partial charge is 0.359 e. The molecule has 0 radical (unpaired) electrons. The van der Waals surface area contributed by atoms with Crippen LogP contribution in [0.4, 0.5) is 0 Å². The number of amides is 2. The molecule has 0 aromatic carbocycles. The summed E-state index contributed by atoms with van der Waals surface area (Å²) in [6.45, 7) is 0. The number of aryl methyl sites for hydroxylation is 1. The molecule has 2 aromatic heterocycles. The van der Waals surface area contributed by atoms with Gasteiger partial charge in [-0.2, -0.15) is 0 Å². The van der Waals surface area contributed by atoms with Gasteiger partial charge in [-0.05, 0) is 36.1 Å². The van der Waals surface area contributed by atoms with E-state index in [1.54, 1.807) is 11.3 Å². The van der Waals surface area contributed by atoms with Gasteiger partial charge in [0.25, 0.3) is 11.8 Å². The van der Waals surface area contributed by atoms with Gasteiger partial charge in [-0.1, -0.05) is 6.07 Å². The van der Waals surface area contributed by atoms with Crippen LogP contribution >= 0.6 is 11.3 Å². The number of hydrogen-bond donors (Lipinski definition) is 2. The first-order valence-corrected chi connectivity index (χ1v) is 9.99. The van der Waals surface area contributed by atoms with Crippen molar-refractivity contribution in [3.63, 3.8) is 0 Å². The van der Waals surface area contributed by atoms with Crippen molar-refractivity contribution >= 4 is 35.2 Å². The maximum Gasteiger partial charge on any atom is 0.333 e. The summed E-state index contributed by atoms with van der Waals surface area (Å²) in [4.78, 5) is 44.3. The third kappa shape index (κ3) is 4.13. The molecular formula is C20H20N3O4S+. The van der Waals surface area contributed by atoms with Crippen molar-refractivity contribution < 1.29 is 24.5 Å². The summed E-state index contributed by atoms with van der Waals surface area (Å²) in [7, 11) is 0. The molecule has 2 aliphatic rings. The lowest BCUT2D eigenvalue weighted by Gasteiger charge is -2.12. The van der Waals surface area contributed by atoms with E-state index in [9.17, 15) is 14.4 Å². The minimum absolute atomic E-state index is 0.0834. The fourth-order valence-electron chi connectivity index (χ4n) is 3.20. The third-order valence-electron chi connectivity index (χ3n) is 4.63. The third-order valence-corrected chi connectivity index (χ3v) is 5.60. The topological polar surface area (TPSA) is 96.1 Å². The van der Waals surface area contributed by atoms with E-state index in [1.165, 1.54) is 4.88 Å². The smallest absolute Gasteiger partial charge is 0.333 e. The molecule has 3 N–H and O–H groups in total. The number of carbonyl (C=O) groups excluding carboxylic acids is 3. The van der Waals surface area contributed by atoms with E-state index in [1.807, 2.05) is 12.1 Å². The average molecular weight is 398 g/mol. The number of hydrogen-bond acceptors (Lipinski definition) is 5. The monoisotopic (exact) mass is 398 g/mol. The first-order valence-electron chi connectivity index (χ1n) is 9.11. The van der Waals surface area contributed by atoms with Crippen molar-refractivity contribution in [1.29, 1.82) is 0 Å². The van der Waals surface area contributed by atoms with Crippen LogP contribution in [-0.2, 0) is 25.6 Å². The summed E-state index contributed by atoms with van der Waals surface area (Å²) in [5.74, 6) is -1.52. The molecule has 2 aromatic rings. The summed E-state index contributed by atoms with van der Waals surface area (Å²) in [6, 6.07) is 8.39. The molecule has 0 aliphatic carbocycles. The lowest BCUT2D eigenvalue weighted by Crippen LogP contribution is -2.80. The predicted octanol–water partition coefficient (Wildman–Crippen LogP) is 1.83. The minimum atomic E-state index is -0.594. The van der Waals surface area contributed by atoms with Gasteiger partial charge in [-0.15, -0.1) is 16.4 Å². The van der Waals surface area contributed by atoms with E-state index in [4.69, 9.17) is 4.84 Å². The normalized spacial score (nSPS) is 20.5. The Balaban J connectivity index is 1.29. The maximum atomic E-state index is 11.9. The number of nitrogens with zero attached hydrogens (tertiary/aromatic N) is 1. The number of carbonyl (C=O) groups is 3. The lowest BCUT2D eigenvalue weighted by atomic mass is 10.2. The van der Waals surface area contributed by atoms with Gasteiger partial charge in [0.05, 0.1) is 11.3 Å². The number of hydroxylamine groups is 2. The molecule has 1 fully saturated rings. The molecule has 8 heteroatoms. The van der Waals surface area contributed by atoms with Crippen LogP contribution in [0.3, 0.4) is 0 Å². The molecule has 1 atom stereocenters. The molecule has 1 unspecified atom stereocenters. The molecule has 4 heterocycles. The van der Waals surface area contributed by atoms with Crippen LogP contribution in [0.2, 0.25) is 0 Å². The summed E-state index contributed by atoms with van der Waals surface area (Å²) < 4.78 is 0. The molecular weight excluding hydrogens is 378 g/mol. The number of thiophene rings is 1. The fraction of sp³-hybridized carbons (Fsp3) is 0.250. The van der Waals surface area contributed by atoms with Gasteiger partial charge in [-0.25, -0.2) is 4.79 Å². The van der Waals surface area contributed by atoms with Crippen molar-refractivity contribution in [2.24, 2.45) is 0 Å². The van der Waals surface area contributed by atoms with E-state index in [0.717, 1.165) is 17.1 Å². The van der Waals surface area contributed by atoms with Crippen LogP contribution in [0.15, 0.2) is 47.5 Å². The molecule has 28 heavy (non-hydrogen) atoms. The number of nitrogens with two attached hydrogens (primary N) is 1. The predicted molar refractivity (Wildman–Crippen MR) is 102 cm³/mol. The van der Waals surface area contributed by atoms with Gasteiger partial charge in [0.2, 0.25) is 0 Å². The SMILES string of the molecule is O=C(CCc1ccc(/C=C2/C=CC(c3cccs3)[NH2+]2)[nH]1)ON1C(=O)CCC1=O. The van der Waals surface area contributed by atoms with E-state index in [2.05, 4.69) is 46.0 Å². The molecule has 2 amide bonds. The van der Waals surface area contributed by atoms with Crippen LogP contribution in [0.1, 0.15) is 41.6 Å². The zero-order valence-corrected chi connectivity index (χ0v) is 15.9. The lowest BCUT2D eigenvalue weighted by molar-refractivity contribution is -0.626. The van der Waals surface area contributed by atoms with E-state index >= 15 is 0 Å². The van der Waals surface area contributed by atoms with Gasteiger partial charge in [0.15, 0.2) is 0 Å². The Morgan fingerprint density at radius 2 is 2.11 bits per heavy atom. The van der Waals surface area contributed by atoms with Crippen molar-refractivity contribution in [1.82, 2.24) is 10.0 Å². The number of rotatable bonds is 6. The summed E-state index contributed by atoms with van der Waals surface area (Å²) in [5, 5.41) is 4.88. The van der Waals surface area contributed by atoms with Crippen molar-refractivity contribution in [3.05, 3.63) is 63.8 Å². The van der Waals surface area contributed by atoms with Gasteiger partial charge < -0.3 is 15.1 Å². The van der Waals surface area contributed by atoms with Crippen LogP contribution in [0.25, 0.3) is 6.08 Å². The van der Waals surface area contributed by atoms with Gasteiger partial charge in [-0.3, -0.25) is 9.59 Å². The van der Waals surface area contributed by atoms with Crippen LogP contribution in [-0.4, -0.2) is 27.8 Å². The standard InChI is InChI=1S/C20H19N3O4S/c24-18-8-9-19(25)23(18)27-20(26)10-6-13-3-4-14(21-13)12-15-5-7-16(22-15)17-2-1-11-28-17/h1-5,7,11-12,16,21-22H,6,8-10H2/p+1/b15-12-. The number of nitrogens with one attached hydrogen (secondary N) is 1. The first kappa shape index (κ1) is 18.4. The van der Waals surface area contributed by atoms with Gasteiger partial charge in [0, 0.05) is 36.4 Å². The second kappa shape index (κ2) is 7.95. The summed E-state index contributed by atoms with van der Waals surface area (Å²) >= 11 is 1.75. The molecule has 144 valence electrons. The molecule has 0 bridgehead atoms. The number of aromatic amines is 1. The molecule has 0 saturated carbocycles. The quantitative estimate of drug-likeness (QED) is 0.726. The van der Waals surface area contributed by atoms with Crippen LogP contribution in [0.5, 0.6) is 0 Å². The number of H-pyrrole nitrogens is 1. The molecule has 1 saturated heterocycles. The summed E-state index contributed by atoms with van der Waals surface area (Å²) in [6.07, 6.45) is 7.06. The molecule has 4 rings (SSSR count). The Morgan fingerprint density at radius 1 is 1.29 bits per heavy atom. The highest BCUT2D eigenvalue weighted by Crippen LogP contribution is 2.21. The highest BCUT2D eigenvalue weighted by molar-refractivity contribution is 7.10. The Morgan fingerprint density at radius 3 is 2.86 bits per heavy atom. The Labute approximate surface area is 165 Å². The molecule has 0 spiro atoms. The maximum absolute atomic E-state index is 11.9. The van der Waals surface area contributed by atoms with Crippen molar-refractivity contribution in [3.8, 4) is 0 Å². The van der Waals surface area contributed by atoms with Crippen LogP contribution < -0.4 is 5.32 Å². The number of aromatic nitrogens is 1. The van der Waals surface area contributed by atoms with E-state index in [0.29, 0.717) is 17.5 Å². The van der Waals surface area contributed by atoms with Crippen LogP contribution in [0, 0.1) is 0 Å². The number of quaternary nitrogens is 1. The zero-order chi connectivity index (χ0) is 19.5. The minimum Gasteiger partial charge on any atom is -0.359 e. The summed E-state index contributed by atoms with van der Waals surface area (Å²) in [5.41, 5.74) is 2.98. The first-order chi connectivity index (χ1) is 13.6. The fourth-order valence-corrected chi connectivity index (χ4v) is 3.97. The molecule has 2 aliphatic heterocycles. The van der Waals surface area contributed by atoms with Crippen molar-refractivity contribution in [2.45, 2.75) is 31.7 Å². The highest BCUT2D eigenvalue weighted by Gasteiger charge is 2.32. The Kier molecular flexibility index (Phi) is 5.23. The van der Waals surface area contributed by atoms with Gasteiger partial charge >= 0.3 is 5.97 Å². The van der Waals surface area contributed by atoms with Gasteiger partial charge in [0.1, 0.15) is 11.7 Å². The Bertz CT molecular complexity index is 942. The zero-order valence-electron chi connectivity index (χ0n) is 15.1. The van der Waals surface area contributed by atoms with E-state index < -0.39 is 17.8 Å². The van der Waals surface area contributed by atoms with E-state index in [-0.39, 0.29) is 19.3 Å². The van der Waals surface area contributed by atoms with Crippen molar-refractivity contribution in [2.75, 3.05) is 0 Å². The highest BCUT2D eigenvalue weighted by atomic mass is 32.1. The molecule has 7 nitrogen and oxygen atoms in total. The number of imide groups is 1. The number of allylic oxidation sites excluding steroid dienone is 1. The second-order valence-electron chi connectivity index (χ2n) is 6.70. The average Bonchev–Trinajstić information content (AvgIpc) is 3.46. The Hall–Kier alpha value is -2.97.